The number of carbonyl (C=O) groups is 1. The number of aryl methyl sites for hydroxylation is 1. The van der Waals surface area contributed by atoms with Crippen molar-refractivity contribution in [3.63, 3.8) is 0 Å². The molecule has 0 spiro atoms. The van der Waals surface area contributed by atoms with Crippen LogP contribution in [0.5, 0.6) is 0 Å². The Morgan fingerprint density at radius 1 is 1.56 bits per heavy atom. The lowest BCUT2D eigenvalue weighted by Gasteiger charge is -2.07. The Hall–Kier alpha value is -2.41. The van der Waals surface area contributed by atoms with Gasteiger partial charge in [0.1, 0.15) is 11.5 Å². The second-order valence-corrected chi connectivity index (χ2v) is 3.68. The van der Waals surface area contributed by atoms with Crippen LogP contribution in [0, 0.1) is 6.92 Å². The van der Waals surface area contributed by atoms with Gasteiger partial charge in [-0.25, -0.2) is 0 Å². The lowest BCUT2D eigenvalue weighted by Crippen LogP contribution is -2.25. The molecule has 2 rings (SSSR count). The summed E-state index contributed by atoms with van der Waals surface area (Å²) in [5.74, 6) is 5.73. The van der Waals surface area contributed by atoms with Gasteiger partial charge in [-0.15, -0.1) is 0 Å². The third kappa shape index (κ3) is 2.64. The number of nitrogen functional groups attached to an aromatic ring is 1. The van der Waals surface area contributed by atoms with Crippen molar-refractivity contribution in [1.82, 2.24) is 15.5 Å². The van der Waals surface area contributed by atoms with Gasteiger partial charge >= 0.3 is 0 Å². The molecule has 0 unspecified atom stereocenters. The molecule has 2 aromatic heterocycles. The molecule has 2 aromatic rings. The lowest BCUT2D eigenvalue weighted by atomic mass is 10.2. The molecular weight excluding hydrogens is 234 g/mol. The summed E-state index contributed by atoms with van der Waals surface area (Å²) in [4.78, 5) is 15.8. The number of anilines is 1. The first-order chi connectivity index (χ1) is 8.70. The number of carbonyl (C=O) groups excluding carboxylic acids is 1. The predicted molar refractivity (Wildman–Crippen MR) is 64.5 cm³/mol. The molecule has 0 aromatic carbocycles. The van der Waals surface area contributed by atoms with E-state index in [1.54, 1.807) is 25.3 Å². The van der Waals surface area contributed by atoms with E-state index in [0.29, 0.717) is 22.7 Å². The molecule has 4 N–H and O–H groups in total. The number of rotatable bonds is 4. The fraction of sp³-hybridized carbons (Fsp3) is 0.182. The first kappa shape index (κ1) is 12.1. The molecule has 7 nitrogen and oxygen atoms in total. The SMILES string of the molecule is Cc1cc(CNC(=O)c2cnccc2NN)no1. The Bertz CT molecular complexity index is 552. The van der Waals surface area contributed by atoms with E-state index in [2.05, 4.69) is 20.9 Å². The number of amides is 1. The number of nitrogens with two attached hydrogens (primary N) is 1. The number of hydrogen-bond acceptors (Lipinski definition) is 6. The molecule has 0 radical (unpaired) electrons. The zero-order valence-corrected chi connectivity index (χ0v) is 9.80. The van der Waals surface area contributed by atoms with E-state index in [9.17, 15) is 4.79 Å². The van der Waals surface area contributed by atoms with E-state index >= 15 is 0 Å². The van der Waals surface area contributed by atoms with Crippen molar-refractivity contribution >= 4 is 11.6 Å². The van der Waals surface area contributed by atoms with Crippen LogP contribution in [0.25, 0.3) is 0 Å². The highest BCUT2D eigenvalue weighted by molar-refractivity contribution is 5.99. The number of nitrogens with zero attached hydrogens (tertiary/aromatic N) is 2. The number of hydrazine groups is 1. The molecule has 0 aliphatic carbocycles. The summed E-state index contributed by atoms with van der Waals surface area (Å²) in [6.07, 6.45) is 2.99. The summed E-state index contributed by atoms with van der Waals surface area (Å²) < 4.78 is 4.90. The monoisotopic (exact) mass is 247 g/mol. The van der Waals surface area contributed by atoms with E-state index in [0.717, 1.165) is 0 Å². The Balaban J connectivity index is 2.03. The van der Waals surface area contributed by atoms with Crippen LogP contribution >= 0.6 is 0 Å². The van der Waals surface area contributed by atoms with Gasteiger partial charge in [-0.3, -0.25) is 15.6 Å². The maximum atomic E-state index is 11.9. The van der Waals surface area contributed by atoms with Crippen LogP contribution in [0.3, 0.4) is 0 Å². The highest BCUT2D eigenvalue weighted by atomic mass is 16.5. The maximum absolute atomic E-state index is 11.9. The average molecular weight is 247 g/mol. The van der Waals surface area contributed by atoms with Gasteiger partial charge in [0.15, 0.2) is 0 Å². The van der Waals surface area contributed by atoms with Crippen LogP contribution in [0.1, 0.15) is 21.8 Å². The van der Waals surface area contributed by atoms with E-state index in [4.69, 9.17) is 10.4 Å². The molecule has 0 saturated heterocycles. The Morgan fingerprint density at radius 2 is 2.39 bits per heavy atom. The minimum absolute atomic E-state index is 0.281. The molecule has 0 aliphatic heterocycles. The smallest absolute Gasteiger partial charge is 0.255 e. The second-order valence-electron chi connectivity index (χ2n) is 3.68. The molecule has 7 heteroatoms. The highest BCUT2D eigenvalue weighted by Gasteiger charge is 2.11. The number of pyridine rings is 1. The van der Waals surface area contributed by atoms with E-state index in [1.807, 2.05) is 0 Å². The summed E-state index contributed by atoms with van der Waals surface area (Å²) in [6, 6.07) is 3.38. The van der Waals surface area contributed by atoms with Gasteiger partial charge in [0, 0.05) is 18.5 Å². The summed E-state index contributed by atoms with van der Waals surface area (Å²) in [5.41, 5.74) is 3.99. The van der Waals surface area contributed by atoms with Crippen molar-refractivity contribution < 1.29 is 9.32 Å². The van der Waals surface area contributed by atoms with Gasteiger partial charge in [-0.1, -0.05) is 5.16 Å². The number of hydrogen-bond donors (Lipinski definition) is 3. The molecular formula is C11H13N5O2. The van der Waals surface area contributed by atoms with Gasteiger partial charge in [-0.2, -0.15) is 0 Å². The third-order valence-electron chi connectivity index (χ3n) is 2.33. The molecule has 94 valence electrons. The zero-order chi connectivity index (χ0) is 13.0. The molecule has 0 atom stereocenters. The first-order valence-electron chi connectivity index (χ1n) is 5.31. The van der Waals surface area contributed by atoms with Gasteiger partial charge in [0.2, 0.25) is 0 Å². The Kier molecular flexibility index (Phi) is 3.54. The largest absolute Gasteiger partial charge is 0.361 e. The third-order valence-corrected chi connectivity index (χ3v) is 2.33. The zero-order valence-electron chi connectivity index (χ0n) is 9.80. The van der Waals surface area contributed by atoms with Gasteiger partial charge in [0.25, 0.3) is 5.91 Å². The van der Waals surface area contributed by atoms with Gasteiger partial charge < -0.3 is 15.3 Å². The van der Waals surface area contributed by atoms with Crippen LogP contribution in [-0.4, -0.2) is 16.0 Å². The average Bonchev–Trinajstić information content (AvgIpc) is 2.81. The summed E-state index contributed by atoms with van der Waals surface area (Å²) in [6.45, 7) is 2.07. The molecule has 0 aliphatic rings. The summed E-state index contributed by atoms with van der Waals surface area (Å²) in [7, 11) is 0. The molecule has 2 heterocycles. The lowest BCUT2D eigenvalue weighted by molar-refractivity contribution is 0.0950. The minimum atomic E-state index is -0.281. The predicted octanol–water partition coefficient (Wildman–Crippen LogP) is 0.594. The molecule has 1 amide bonds. The van der Waals surface area contributed by atoms with Crippen molar-refractivity contribution in [2.24, 2.45) is 5.84 Å². The number of nitrogens with one attached hydrogen (secondary N) is 2. The summed E-state index contributed by atoms with van der Waals surface area (Å²) >= 11 is 0. The van der Waals surface area contributed by atoms with Crippen molar-refractivity contribution in [3.05, 3.63) is 41.5 Å². The Labute approximate surface area is 103 Å². The van der Waals surface area contributed by atoms with Crippen molar-refractivity contribution in [1.29, 1.82) is 0 Å². The standard InChI is InChI=1S/C11H13N5O2/c1-7-4-8(16-18-7)5-14-11(17)9-6-13-3-2-10(9)15-12/h2-4,6H,5,12H2,1H3,(H,13,15)(H,14,17). The van der Waals surface area contributed by atoms with Gasteiger partial charge in [-0.05, 0) is 13.0 Å². The normalized spacial score (nSPS) is 10.1. The van der Waals surface area contributed by atoms with E-state index < -0.39 is 0 Å². The number of aromatic nitrogens is 2. The molecule has 18 heavy (non-hydrogen) atoms. The van der Waals surface area contributed by atoms with Crippen molar-refractivity contribution in [2.75, 3.05) is 5.43 Å². The molecule has 0 bridgehead atoms. The van der Waals surface area contributed by atoms with E-state index in [-0.39, 0.29) is 12.5 Å². The summed E-state index contributed by atoms with van der Waals surface area (Å²) in [5, 5.41) is 6.48. The minimum Gasteiger partial charge on any atom is -0.361 e. The van der Waals surface area contributed by atoms with E-state index in [1.165, 1.54) is 6.20 Å². The quantitative estimate of drug-likeness (QED) is 0.539. The van der Waals surface area contributed by atoms with Crippen LogP contribution < -0.4 is 16.6 Å². The fourth-order valence-corrected chi connectivity index (χ4v) is 1.47. The Morgan fingerprint density at radius 3 is 3.06 bits per heavy atom. The van der Waals surface area contributed by atoms with Crippen LogP contribution in [0.2, 0.25) is 0 Å². The first-order valence-corrected chi connectivity index (χ1v) is 5.31. The molecule has 0 saturated carbocycles. The topological polar surface area (TPSA) is 106 Å². The molecule has 0 fully saturated rings. The van der Waals surface area contributed by atoms with Crippen molar-refractivity contribution in [2.45, 2.75) is 13.5 Å². The fourth-order valence-electron chi connectivity index (χ4n) is 1.47. The van der Waals surface area contributed by atoms with Crippen molar-refractivity contribution in [3.8, 4) is 0 Å². The van der Waals surface area contributed by atoms with Crippen LogP contribution in [-0.2, 0) is 6.54 Å². The maximum Gasteiger partial charge on any atom is 0.255 e. The van der Waals surface area contributed by atoms with Gasteiger partial charge in [0.05, 0.1) is 17.8 Å². The highest BCUT2D eigenvalue weighted by Crippen LogP contribution is 2.11. The van der Waals surface area contributed by atoms with Crippen LogP contribution in [0.4, 0.5) is 5.69 Å². The second kappa shape index (κ2) is 5.28. The van der Waals surface area contributed by atoms with Crippen LogP contribution in [0.15, 0.2) is 29.0 Å².